The average Bonchev–Trinajstić information content (AvgIpc) is 2.87. The van der Waals surface area contributed by atoms with E-state index in [1.54, 1.807) is 13.8 Å². The molecule has 2 aromatic rings. The van der Waals surface area contributed by atoms with Gasteiger partial charge in [0.25, 0.3) is 5.56 Å². The Morgan fingerprint density at radius 1 is 1.34 bits per heavy atom. The number of rotatable bonds is 8. The second-order valence-corrected chi connectivity index (χ2v) is 7.56. The van der Waals surface area contributed by atoms with Gasteiger partial charge in [0.1, 0.15) is 12.4 Å². The summed E-state index contributed by atoms with van der Waals surface area (Å²) in [5.74, 6) is -0.395. The summed E-state index contributed by atoms with van der Waals surface area (Å²) in [5.41, 5.74) is 5.96. The molecule has 0 aliphatic carbocycles. The third-order valence-corrected chi connectivity index (χ3v) is 4.98. The maximum absolute atomic E-state index is 13.1. The molecule has 1 amide bonds. The lowest BCUT2D eigenvalue weighted by Gasteiger charge is -2.25. The molecule has 10 nitrogen and oxygen atoms in total. The molecule has 0 unspecified atom stereocenters. The Balaban J connectivity index is 2.51. The number of H-pyrrole nitrogens is 1. The Bertz CT molecular complexity index is 1010. The number of methoxy groups -OCH3 is 1. The van der Waals surface area contributed by atoms with Crippen molar-refractivity contribution < 1.29 is 9.53 Å². The summed E-state index contributed by atoms with van der Waals surface area (Å²) in [4.78, 5) is 41.3. The van der Waals surface area contributed by atoms with Crippen molar-refractivity contribution in [3.8, 4) is 0 Å². The number of anilines is 2. The first-order chi connectivity index (χ1) is 13.6. The van der Waals surface area contributed by atoms with E-state index in [-0.39, 0.29) is 37.1 Å². The van der Waals surface area contributed by atoms with Crippen molar-refractivity contribution in [1.29, 1.82) is 0 Å². The van der Waals surface area contributed by atoms with Crippen LogP contribution < -0.4 is 21.9 Å². The maximum Gasteiger partial charge on any atom is 0.330 e. The van der Waals surface area contributed by atoms with E-state index in [0.717, 1.165) is 0 Å². The molecule has 29 heavy (non-hydrogen) atoms. The van der Waals surface area contributed by atoms with Crippen molar-refractivity contribution in [3.63, 3.8) is 0 Å². The van der Waals surface area contributed by atoms with E-state index < -0.39 is 17.2 Å². The fourth-order valence-corrected chi connectivity index (χ4v) is 3.11. The molecule has 160 valence electrons. The molecule has 0 atom stereocenters. The Kier molecular flexibility index (Phi) is 7.26. The summed E-state index contributed by atoms with van der Waals surface area (Å²) < 4.78 is 7.81. The van der Waals surface area contributed by atoms with Gasteiger partial charge in [-0.3, -0.25) is 23.8 Å². The molecule has 0 bridgehead atoms. The van der Waals surface area contributed by atoms with Crippen LogP contribution in [-0.4, -0.2) is 45.5 Å². The molecule has 0 spiro atoms. The van der Waals surface area contributed by atoms with Gasteiger partial charge in [-0.25, -0.2) is 4.79 Å². The molecule has 2 aromatic heterocycles. The van der Waals surface area contributed by atoms with Crippen LogP contribution in [0.15, 0.2) is 9.59 Å². The van der Waals surface area contributed by atoms with Crippen LogP contribution in [0.4, 0.5) is 11.5 Å². The number of carbonyl (C=O) groups excluding carboxylic acids is 1. The van der Waals surface area contributed by atoms with Crippen LogP contribution in [-0.2, 0) is 22.6 Å². The highest BCUT2D eigenvalue weighted by molar-refractivity contribution is 6.31. The summed E-state index contributed by atoms with van der Waals surface area (Å²) in [6.07, 6.45) is 0. The van der Waals surface area contributed by atoms with Gasteiger partial charge in [0.05, 0.1) is 23.0 Å². The number of nitrogens with zero attached hydrogens (tertiary/aromatic N) is 4. The van der Waals surface area contributed by atoms with Gasteiger partial charge in [0, 0.05) is 20.2 Å². The predicted octanol–water partition coefficient (Wildman–Crippen LogP) is 0.921. The van der Waals surface area contributed by atoms with Crippen molar-refractivity contribution in [3.05, 3.63) is 37.2 Å². The van der Waals surface area contributed by atoms with Gasteiger partial charge in [0.15, 0.2) is 5.69 Å². The molecule has 0 fully saturated rings. The summed E-state index contributed by atoms with van der Waals surface area (Å²) in [6.45, 7) is 7.72. The van der Waals surface area contributed by atoms with E-state index in [2.05, 4.69) is 10.1 Å². The molecule has 0 aliphatic rings. The van der Waals surface area contributed by atoms with Gasteiger partial charge < -0.3 is 15.4 Å². The number of amides is 1. The highest BCUT2D eigenvalue weighted by atomic mass is 35.5. The van der Waals surface area contributed by atoms with Gasteiger partial charge in [0.2, 0.25) is 5.91 Å². The van der Waals surface area contributed by atoms with Gasteiger partial charge >= 0.3 is 5.69 Å². The molecule has 0 saturated heterocycles. The molecule has 3 N–H and O–H groups in total. The summed E-state index contributed by atoms with van der Waals surface area (Å²) >= 11 is 6.16. The van der Waals surface area contributed by atoms with E-state index in [1.807, 2.05) is 13.8 Å². The molecular weight excluding hydrogens is 400 g/mol. The van der Waals surface area contributed by atoms with E-state index >= 15 is 0 Å². The number of carbonyl (C=O) groups is 1. The van der Waals surface area contributed by atoms with Crippen molar-refractivity contribution in [2.24, 2.45) is 5.92 Å². The molecular formula is C18H27ClN6O4. The number of nitrogens with one attached hydrogen (secondary N) is 1. The number of halogens is 1. The fraction of sp³-hybridized carbons (Fsp3) is 0.556. The number of aromatic nitrogens is 4. The van der Waals surface area contributed by atoms with Crippen molar-refractivity contribution in [2.45, 2.75) is 40.8 Å². The molecule has 11 heteroatoms. The van der Waals surface area contributed by atoms with E-state index in [4.69, 9.17) is 22.1 Å². The first-order valence-electron chi connectivity index (χ1n) is 9.19. The lowest BCUT2D eigenvalue weighted by molar-refractivity contribution is -0.119. The molecule has 0 aromatic carbocycles. The second-order valence-electron chi connectivity index (χ2n) is 7.18. The Labute approximate surface area is 173 Å². The van der Waals surface area contributed by atoms with Crippen LogP contribution >= 0.6 is 11.6 Å². The molecule has 0 aliphatic heterocycles. The summed E-state index contributed by atoms with van der Waals surface area (Å²) in [5, 5.41) is 4.73. The zero-order chi connectivity index (χ0) is 21.9. The Morgan fingerprint density at radius 3 is 2.52 bits per heavy atom. The van der Waals surface area contributed by atoms with Crippen LogP contribution in [0.25, 0.3) is 0 Å². The van der Waals surface area contributed by atoms with E-state index in [9.17, 15) is 14.4 Å². The largest absolute Gasteiger partial charge is 0.383 e. The first kappa shape index (κ1) is 22.7. The van der Waals surface area contributed by atoms with Crippen molar-refractivity contribution >= 4 is 29.0 Å². The highest BCUT2D eigenvalue weighted by Gasteiger charge is 2.25. The molecule has 2 rings (SSSR count). The fourth-order valence-electron chi connectivity index (χ4n) is 2.97. The molecule has 0 radical (unpaired) electrons. The monoisotopic (exact) mass is 426 g/mol. The van der Waals surface area contributed by atoms with Crippen LogP contribution in [0.2, 0.25) is 5.02 Å². The number of nitrogen functional groups attached to an aromatic ring is 1. The number of ether oxygens (including phenoxy) is 1. The van der Waals surface area contributed by atoms with Crippen LogP contribution in [0.3, 0.4) is 0 Å². The number of nitrogens with two attached hydrogens (primary N) is 1. The topological polar surface area (TPSA) is 128 Å². The minimum Gasteiger partial charge on any atom is -0.383 e. The van der Waals surface area contributed by atoms with Gasteiger partial charge in [-0.15, -0.1) is 0 Å². The lowest BCUT2D eigenvalue weighted by Crippen LogP contribution is -2.44. The zero-order valence-corrected chi connectivity index (χ0v) is 18.0. The maximum atomic E-state index is 13.1. The molecule has 0 saturated carbocycles. The molecule has 2 heterocycles. The third kappa shape index (κ3) is 4.88. The highest BCUT2D eigenvalue weighted by Crippen LogP contribution is 2.21. The van der Waals surface area contributed by atoms with E-state index in [1.165, 1.54) is 21.3 Å². The normalized spacial score (nSPS) is 11.3. The first-order valence-corrected chi connectivity index (χ1v) is 9.57. The average molecular weight is 427 g/mol. The number of hydrogen-bond donors (Lipinski definition) is 2. The Hall–Kier alpha value is -2.59. The number of hydrogen-bond acceptors (Lipinski definition) is 6. The standard InChI is InChI=1S/C18H27ClN6O4/c1-10(2)8-24-16(20)15(17(27)21-18(24)28)23(6-7-29-5)13(26)9-25-12(4)14(19)11(3)22-25/h10H,6-9,20H2,1-5H3,(H,21,27,28). The minimum absolute atomic E-state index is 0.0664. The quantitative estimate of drug-likeness (QED) is 0.645. The van der Waals surface area contributed by atoms with Gasteiger partial charge in [-0.1, -0.05) is 25.4 Å². The van der Waals surface area contributed by atoms with Crippen molar-refractivity contribution in [2.75, 3.05) is 30.9 Å². The third-order valence-electron chi connectivity index (χ3n) is 4.43. The summed E-state index contributed by atoms with van der Waals surface area (Å²) in [6, 6.07) is 0. The predicted molar refractivity (Wildman–Crippen MR) is 112 cm³/mol. The van der Waals surface area contributed by atoms with Crippen LogP contribution in [0.1, 0.15) is 25.2 Å². The Morgan fingerprint density at radius 2 is 2.00 bits per heavy atom. The summed E-state index contributed by atoms with van der Waals surface area (Å²) in [7, 11) is 1.48. The SMILES string of the molecule is COCCN(C(=O)Cn1nc(C)c(Cl)c1C)c1c(N)n(CC(C)C)c(=O)[nH]c1=O. The smallest absolute Gasteiger partial charge is 0.330 e. The van der Waals surface area contributed by atoms with Crippen LogP contribution in [0, 0.1) is 19.8 Å². The second kappa shape index (κ2) is 9.27. The lowest BCUT2D eigenvalue weighted by atomic mass is 10.2. The van der Waals surface area contributed by atoms with E-state index in [0.29, 0.717) is 23.0 Å². The van der Waals surface area contributed by atoms with Crippen LogP contribution in [0.5, 0.6) is 0 Å². The van der Waals surface area contributed by atoms with Crippen molar-refractivity contribution in [1.82, 2.24) is 19.3 Å². The number of aryl methyl sites for hydroxylation is 1. The van der Waals surface area contributed by atoms with Gasteiger partial charge in [-0.05, 0) is 19.8 Å². The number of aromatic amines is 1. The minimum atomic E-state index is -0.733. The zero-order valence-electron chi connectivity index (χ0n) is 17.3. The van der Waals surface area contributed by atoms with Gasteiger partial charge in [-0.2, -0.15) is 5.10 Å².